The second kappa shape index (κ2) is 4.21. The molecule has 2 saturated heterocycles. The minimum atomic E-state index is 0.254. The van der Waals surface area contributed by atoms with Crippen molar-refractivity contribution < 1.29 is 4.79 Å². The van der Waals surface area contributed by atoms with Crippen LogP contribution in [-0.4, -0.2) is 37.0 Å². The molecule has 0 unspecified atom stereocenters. The van der Waals surface area contributed by atoms with Crippen molar-refractivity contribution in [3.05, 3.63) is 11.1 Å². The summed E-state index contributed by atoms with van der Waals surface area (Å²) >= 11 is 0. The smallest absolute Gasteiger partial charge is 0.249 e. The molecule has 2 aliphatic rings. The Morgan fingerprint density at radius 1 is 1.38 bits per heavy atom. The Kier molecular flexibility index (Phi) is 3.06. The van der Waals surface area contributed by atoms with Gasteiger partial charge in [-0.15, -0.1) is 0 Å². The summed E-state index contributed by atoms with van der Waals surface area (Å²) in [7, 11) is 0. The molecule has 0 spiro atoms. The maximum atomic E-state index is 12.3. The number of amides is 1. The van der Waals surface area contributed by atoms with Crippen LogP contribution in [0.1, 0.15) is 33.6 Å². The first-order chi connectivity index (χ1) is 7.49. The summed E-state index contributed by atoms with van der Waals surface area (Å²) in [5, 5.41) is 3.19. The van der Waals surface area contributed by atoms with Crippen LogP contribution in [0.15, 0.2) is 11.1 Å². The van der Waals surface area contributed by atoms with Crippen LogP contribution in [0, 0.1) is 5.41 Å². The number of likely N-dealkylation sites (tertiary alicyclic amines) is 1. The monoisotopic (exact) mass is 222 g/mol. The van der Waals surface area contributed by atoms with Crippen molar-refractivity contribution in [2.75, 3.05) is 26.2 Å². The Balaban J connectivity index is 2.04. The zero-order valence-electron chi connectivity index (χ0n) is 10.6. The third kappa shape index (κ3) is 2.29. The highest BCUT2D eigenvalue weighted by Crippen LogP contribution is 2.29. The summed E-state index contributed by atoms with van der Waals surface area (Å²) in [6.45, 7) is 10.1. The van der Waals surface area contributed by atoms with Crippen molar-refractivity contribution in [1.29, 1.82) is 0 Å². The molecule has 0 bridgehead atoms. The van der Waals surface area contributed by atoms with E-state index in [0.717, 1.165) is 38.2 Å². The van der Waals surface area contributed by atoms with E-state index in [1.54, 1.807) is 0 Å². The van der Waals surface area contributed by atoms with Crippen molar-refractivity contribution >= 4 is 5.91 Å². The molecule has 1 amide bonds. The number of rotatable bonds is 1. The van der Waals surface area contributed by atoms with Crippen LogP contribution in [0.5, 0.6) is 0 Å². The highest BCUT2D eigenvalue weighted by atomic mass is 16.2. The highest BCUT2D eigenvalue weighted by Gasteiger charge is 2.30. The Hall–Kier alpha value is -0.830. The molecule has 2 rings (SSSR count). The number of hydrogen-bond acceptors (Lipinski definition) is 2. The van der Waals surface area contributed by atoms with Crippen LogP contribution in [-0.2, 0) is 4.79 Å². The second-order valence-electron chi connectivity index (χ2n) is 5.83. The van der Waals surface area contributed by atoms with E-state index in [1.165, 1.54) is 12.0 Å². The van der Waals surface area contributed by atoms with E-state index in [-0.39, 0.29) is 11.3 Å². The first-order valence-electron chi connectivity index (χ1n) is 6.18. The molecule has 0 radical (unpaired) electrons. The molecule has 2 heterocycles. The lowest BCUT2D eigenvalue weighted by molar-refractivity contribution is -0.130. The van der Waals surface area contributed by atoms with Crippen LogP contribution >= 0.6 is 0 Å². The van der Waals surface area contributed by atoms with Gasteiger partial charge in [-0.05, 0) is 30.8 Å². The Morgan fingerprint density at radius 3 is 2.56 bits per heavy atom. The minimum Gasteiger partial charge on any atom is -0.338 e. The van der Waals surface area contributed by atoms with Crippen molar-refractivity contribution in [2.45, 2.75) is 33.6 Å². The van der Waals surface area contributed by atoms with Crippen molar-refractivity contribution in [3.8, 4) is 0 Å². The van der Waals surface area contributed by atoms with Crippen molar-refractivity contribution in [2.24, 2.45) is 5.41 Å². The van der Waals surface area contributed by atoms with Gasteiger partial charge in [0.15, 0.2) is 0 Å². The maximum absolute atomic E-state index is 12.3. The number of hydrogen-bond donors (Lipinski definition) is 1. The van der Waals surface area contributed by atoms with Gasteiger partial charge in [0, 0.05) is 31.8 Å². The van der Waals surface area contributed by atoms with Crippen LogP contribution in [0.25, 0.3) is 0 Å². The zero-order valence-corrected chi connectivity index (χ0v) is 10.6. The van der Waals surface area contributed by atoms with Gasteiger partial charge >= 0.3 is 0 Å². The molecule has 0 aromatic rings. The molecule has 0 aromatic heterocycles. The lowest BCUT2D eigenvalue weighted by Crippen LogP contribution is -2.45. The van der Waals surface area contributed by atoms with Crippen LogP contribution < -0.4 is 5.32 Å². The average molecular weight is 222 g/mol. The van der Waals surface area contributed by atoms with Gasteiger partial charge in [0.25, 0.3) is 0 Å². The molecule has 3 heteroatoms. The normalized spacial score (nSPS) is 23.9. The first kappa shape index (κ1) is 11.6. The molecule has 0 aliphatic carbocycles. The molecule has 16 heavy (non-hydrogen) atoms. The molecular weight excluding hydrogens is 200 g/mol. The lowest BCUT2D eigenvalue weighted by atomic mass is 9.84. The quantitative estimate of drug-likeness (QED) is 0.683. The standard InChI is InChI=1S/C13H22N2O/c1-10(11-7-14-8-11)12(16)15-6-4-5-13(2,3)9-15/h14H,4-9H2,1-3H3. The Bertz CT molecular complexity index is 325. The molecule has 0 atom stereocenters. The number of carbonyl (C=O) groups excluding carboxylic acids is 1. The average Bonchev–Trinajstić information content (AvgIpc) is 2.12. The summed E-state index contributed by atoms with van der Waals surface area (Å²) in [4.78, 5) is 14.3. The second-order valence-corrected chi connectivity index (χ2v) is 5.83. The number of carbonyl (C=O) groups is 1. The highest BCUT2D eigenvalue weighted by molar-refractivity contribution is 5.94. The van der Waals surface area contributed by atoms with Gasteiger partial charge < -0.3 is 10.2 Å². The molecule has 2 aliphatic heterocycles. The number of nitrogens with one attached hydrogen (secondary N) is 1. The largest absolute Gasteiger partial charge is 0.338 e. The topological polar surface area (TPSA) is 32.3 Å². The summed E-state index contributed by atoms with van der Waals surface area (Å²) < 4.78 is 0. The molecule has 2 fully saturated rings. The van der Waals surface area contributed by atoms with E-state index >= 15 is 0 Å². The SMILES string of the molecule is CC(C(=O)N1CCCC(C)(C)C1)=C1CNC1. The van der Waals surface area contributed by atoms with E-state index in [0.29, 0.717) is 0 Å². The van der Waals surface area contributed by atoms with Crippen molar-refractivity contribution in [1.82, 2.24) is 10.2 Å². The summed E-state index contributed by atoms with van der Waals surface area (Å²) in [5.41, 5.74) is 2.54. The predicted octanol–water partition coefficient (Wildman–Crippen LogP) is 1.55. The van der Waals surface area contributed by atoms with Gasteiger partial charge in [-0.3, -0.25) is 4.79 Å². The van der Waals surface area contributed by atoms with Gasteiger partial charge in [0.2, 0.25) is 5.91 Å². The van der Waals surface area contributed by atoms with E-state index in [2.05, 4.69) is 19.2 Å². The third-order valence-electron chi connectivity index (χ3n) is 3.72. The van der Waals surface area contributed by atoms with E-state index in [4.69, 9.17) is 0 Å². The van der Waals surface area contributed by atoms with Gasteiger partial charge in [-0.25, -0.2) is 0 Å². The molecule has 0 saturated carbocycles. The first-order valence-corrected chi connectivity index (χ1v) is 6.18. The summed E-state index contributed by atoms with van der Waals surface area (Å²) in [5.74, 6) is 0.254. The van der Waals surface area contributed by atoms with E-state index in [9.17, 15) is 4.79 Å². The van der Waals surface area contributed by atoms with Gasteiger partial charge in [0.05, 0.1) is 0 Å². The fourth-order valence-corrected chi connectivity index (χ4v) is 2.50. The maximum Gasteiger partial charge on any atom is 0.249 e. The zero-order chi connectivity index (χ0) is 11.8. The van der Waals surface area contributed by atoms with E-state index in [1.807, 2.05) is 11.8 Å². The van der Waals surface area contributed by atoms with Crippen molar-refractivity contribution in [3.63, 3.8) is 0 Å². The number of piperidine rings is 1. The van der Waals surface area contributed by atoms with Crippen LogP contribution in [0.2, 0.25) is 0 Å². The van der Waals surface area contributed by atoms with E-state index < -0.39 is 0 Å². The lowest BCUT2D eigenvalue weighted by Gasteiger charge is -2.38. The molecular formula is C13H22N2O. The fraction of sp³-hybridized carbons (Fsp3) is 0.769. The Morgan fingerprint density at radius 2 is 2.06 bits per heavy atom. The summed E-state index contributed by atoms with van der Waals surface area (Å²) in [6.07, 6.45) is 2.37. The molecule has 3 nitrogen and oxygen atoms in total. The Labute approximate surface area is 97.9 Å². The minimum absolute atomic E-state index is 0.254. The number of nitrogens with zero attached hydrogens (tertiary/aromatic N) is 1. The molecule has 1 N–H and O–H groups in total. The van der Waals surface area contributed by atoms with Gasteiger partial charge in [0.1, 0.15) is 0 Å². The van der Waals surface area contributed by atoms with Gasteiger partial charge in [-0.2, -0.15) is 0 Å². The third-order valence-corrected chi connectivity index (χ3v) is 3.72. The van der Waals surface area contributed by atoms with Crippen LogP contribution in [0.3, 0.4) is 0 Å². The van der Waals surface area contributed by atoms with Gasteiger partial charge in [-0.1, -0.05) is 13.8 Å². The summed E-state index contributed by atoms with van der Waals surface area (Å²) in [6, 6.07) is 0. The fourth-order valence-electron chi connectivity index (χ4n) is 2.50. The predicted molar refractivity (Wildman–Crippen MR) is 65.2 cm³/mol. The molecule has 0 aromatic carbocycles. The van der Waals surface area contributed by atoms with Crippen LogP contribution in [0.4, 0.5) is 0 Å². The molecule has 90 valence electrons.